The molecule has 0 aliphatic carbocycles. The first kappa shape index (κ1) is 23.9. The highest BCUT2D eigenvalue weighted by molar-refractivity contribution is 6.51. The summed E-state index contributed by atoms with van der Waals surface area (Å²) in [5.74, 6) is -3.89. The molecule has 8 heteroatoms. The van der Waals surface area contributed by atoms with Gasteiger partial charge in [-0.2, -0.15) is 0 Å². The van der Waals surface area contributed by atoms with Gasteiger partial charge in [0.1, 0.15) is 17.3 Å². The molecule has 6 nitrogen and oxygen atoms in total. The lowest BCUT2D eigenvalue weighted by molar-refractivity contribution is -0.132. The van der Waals surface area contributed by atoms with E-state index >= 15 is 0 Å². The zero-order valence-corrected chi connectivity index (χ0v) is 19.3. The number of amides is 1. The molecule has 1 N–H and O–H groups in total. The second kappa shape index (κ2) is 9.58. The molecular weight excluding hydrogens is 456 g/mol. The molecule has 0 bridgehead atoms. The van der Waals surface area contributed by atoms with E-state index in [0.717, 1.165) is 22.6 Å². The third-order valence-corrected chi connectivity index (χ3v) is 5.72. The summed E-state index contributed by atoms with van der Waals surface area (Å²) in [6, 6.07) is 13.5. The van der Waals surface area contributed by atoms with Gasteiger partial charge in [0.2, 0.25) is 0 Å². The van der Waals surface area contributed by atoms with Gasteiger partial charge < -0.3 is 14.6 Å². The van der Waals surface area contributed by atoms with Crippen molar-refractivity contribution >= 4 is 23.1 Å². The van der Waals surface area contributed by atoms with Gasteiger partial charge in [-0.1, -0.05) is 23.8 Å². The second-order valence-corrected chi connectivity index (χ2v) is 7.98. The molecule has 0 spiro atoms. The molecule has 0 radical (unpaired) electrons. The summed E-state index contributed by atoms with van der Waals surface area (Å²) in [5, 5.41) is 11.3. The molecule has 1 fully saturated rings. The standard InChI is InChI=1S/C27H23F2NO5/c1-4-35-18-7-5-6-16(13-18)24-23(25(31)19-12-15(2)8-11-22(19)34-3)26(32)27(33)30(24)17-9-10-20(28)21(29)14-17/h5-14,24,31H,4H2,1-3H3/b25-23+. The van der Waals surface area contributed by atoms with Crippen molar-refractivity contribution in [3.63, 3.8) is 0 Å². The Labute approximate surface area is 201 Å². The Hall–Kier alpha value is -4.20. The Morgan fingerprint density at radius 2 is 1.80 bits per heavy atom. The first-order valence-electron chi connectivity index (χ1n) is 10.9. The number of aliphatic hydroxyl groups excluding tert-OH is 1. The SMILES string of the molecule is CCOc1cccc(C2/C(=C(\O)c3cc(C)ccc3OC)C(=O)C(=O)N2c2ccc(F)c(F)c2)c1. The van der Waals surface area contributed by atoms with Crippen LogP contribution in [-0.2, 0) is 9.59 Å². The van der Waals surface area contributed by atoms with Crippen molar-refractivity contribution in [2.75, 3.05) is 18.6 Å². The number of Topliss-reactive ketones (excluding diaryl/α,β-unsaturated/α-hetero) is 1. The molecule has 3 aromatic carbocycles. The number of ketones is 1. The van der Waals surface area contributed by atoms with E-state index in [9.17, 15) is 23.5 Å². The minimum Gasteiger partial charge on any atom is -0.507 e. The minimum atomic E-state index is -1.17. The van der Waals surface area contributed by atoms with Crippen LogP contribution in [0.2, 0.25) is 0 Å². The molecule has 1 unspecified atom stereocenters. The molecule has 1 heterocycles. The monoisotopic (exact) mass is 479 g/mol. The molecule has 1 aliphatic rings. The number of hydrogen-bond acceptors (Lipinski definition) is 5. The van der Waals surface area contributed by atoms with E-state index < -0.39 is 35.1 Å². The Kier molecular flexibility index (Phi) is 6.55. The van der Waals surface area contributed by atoms with Crippen molar-refractivity contribution in [1.82, 2.24) is 0 Å². The van der Waals surface area contributed by atoms with Crippen LogP contribution in [0.5, 0.6) is 11.5 Å². The van der Waals surface area contributed by atoms with Gasteiger partial charge >= 0.3 is 0 Å². The maximum Gasteiger partial charge on any atom is 0.300 e. The van der Waals surface area contributed by atoms with Crippen LogP contribution in [0.25, 0.3) is 5.76 Å². The summed E-state index contributed by atoms with van der Waals surface area (Å²) in [6.07, 6.45) is 0. The highest BCUT2D eigenvalue weighted by atomic mass is 19.2. The number of ether oxygens (including phenoxy) is 2. The number of nitrogens with zero attached hydrogens (tertiary/aromatic N) is 1. The highest BCUT2D eigenvalue weighted by Gasteiger charge is 2.47. The largest absolute Gasteiger partial charge is 0.507 e. The van der Waals surface area contributed by atoms with Crippen molar-refractivity contribution in [3.8, 4) is 11.5 Å². The van der Waals surface area contributed by atoms with Crippen molar-refractivity contribution in [2.24, 2.45) is 0 Å². The molecule has 1 aliphatic heterocycles. The van der Waals surface area contributed by atoms with Crippen molar-refractivity contribution in [1.29, 1.82) is 0 Å². The van der Waals surface area contributed by atoms with Crippen molar-refractivity contribution < 1.29 is 33.0 Å². The second-order valence-electron chi connectivity index (χ2n) is 7.98. The lowest BCUT2D eigenvalue weighted by Gasteiger charge is -2.26. The van der Waals surface area contributed by atoms with E-state index in [1.807, 2.05) is 6.92 Å². The molecule has 0 aromatic heterocycles. The number of benzene rings is 3. The van der Waals surface area contributed by atoms with Crippen LogP contribution in [0.15, 0.2) is 66.2 Å². The summed E-state index contributed by atoms with van der Waals surface area (Å²) in [4.78, 5) is 27.5. The van der Waals surface area contributed by atoms with E-state index in [4.69, 9.17) is 9.47 Å². The van der Waals surface area contributed by atoms with Gasteiger partial charge in [-0.15, -0.1) is 0 Å². The molecule has 180 valence electrons. The molecule has 0 saturated carbocycles. The number of carbonyl (C=O) groups is 2. The molecule has 35 heavy (non-hydrogen) atoms. The maximum atomic E-state index is 14.1. The van der Waals surface area contributed by atoms with Gasteiger partial charge in [0.15, 0.2) is 11.6 Å². The summed E-state index contributed by atoms with van der Waals surface area (Å²) >= 11 is 0. The van der Waals surface area contributed by atoms with Crippen LogP contribution in [0.3, 0.4) is 0 Å². The lowest BCUT2D eigenvalue weighted by Crippen LogP contribution is -2.29. The zero-order chi connectivity index (χ0) is 25.3. The third kappa shape index (κ3) is 4.35. The third-order valence-electron chi connectivity index (χ3n) is 5.72. The maximum absolute atomic E-state index is 14.1. The number of aryl methyl sites for hydroxylation is 1. The number of anilines is 1. The van der Waals surface area contributed by atoms with Crippen LogP contribution in [-0.4, -0.2) is 30.5 Å². The minimum absolute atomic E-state index is 0.0342. The lowest BCUT2D eigenvalue weighted by atomic mass is 9.94. The molecule has 4 rings (SSSR count). The average molecular weight is 479 g/mol. The quantitative estimate of drug-likeness (QED) is 0.295. The van der Waals surface area contributed by atoms with E-state index in [2.05, 4.69) is 0 Å². The summed E-state index contributed by atoms with van der Waals surface area (Å²) in [5.41, 5.74) is 1.21. The number of methoxy groups -OCH3 is 1. The fourth-order valence-electron chi connectivity index (χ4n) is 4.14. The van der Waals surface area contributed by atoms with E-state index in [0.29, 0.717) is 23.7 Å². The summed E-state index contributed by atoms with van der Waals surface area (Å²) in [7, 11) is 1.42. The number of aliphatic hydroxyl groups is 1. The van der Waals surface area contributed by atoms with Gasteiger partial charge in [0, 0.05) is 11.8 Å². The van der Waals surface area contributed by atoms with Crippen LogP contribution in [0.1, 0.15) is 29.7 Å². The average Bonchev–Trinajstić information content (AvgIpc) is 3.11. The fraction of sp³-hybridized carbons (Fsp3) is 0.185. The fourth-order valence-corrected chi connectivity index (χ4v) is 4.14. The Morgan fingerprint density at radius 3 is 2.49 bits per heavy atom. The smallest absolute Gasteiger partial charge is 0.300 e. The molecule has 1 atom stereocenters. The van der Waals surface area contributed by atoms with Gasteiger partial charge in [-0.3, -0.25) is 14.5 Å². The first-order valence-corrected chi connectivity index (χ1v) is 10.9. The van der Waals surface area contributed by atoms with Gasteiger partial charge in [-0.25, -0.2) is 8.78 Å². The van der Waals surface area contributed by atoms with Gasteiger partial charge in [-0.05, 0) is 55.8 Å². The number of halogens is 2. The predicted octanol–water partition coefficient (Wildman–Crippen LogP) is 5.31. The van der Waals surface area contributed by atoms with Crippen molar-refractivity contribution in [2.45, 2.75) is 19.9 Å². The normalized spacial score (nSPS) is 17.1. The Balaban J connectivity index is 1.99. The Morgan fingerprint density at radius 1 is 1.03 bits per heavy atom. The molecule has 3 aromatic rings. The first-order chi connectivity index (χ1) is 16.8. The van der Waals surface area contributed by atoms with Gasteiger partial charge in [0.05, 0.1) is 30.9 Å². The Bertz CT molecular complexity index is 1350. The van der Waals surface area contributed by atoms with Gasteiger partial charge in [0.25, 0.3) is 11.7 Å². The number of hydrogen-bond donors (Lipinski definition) is 1. The highest BCUT2D eigenvalue weighted by Crippen LogP contribution is 2.44. The van der Waals surface area contributed by atoms with Crippen LogP contribution >= 0.6 is 0 Å². The van der Waals surface area contributed by atoms with E-state index in [1.54, 1.807) is 49.4 Å². The van der Waals surface area contributed by atoms with Crippen molar-refractivity contribution in [3.05, 3.63) is 94.6 Å². The molecule has 1 saturated heterocycles. The van der Waals surface area contributed by atoms with Crippen LogP contribution in [0, 0.1) is 18.6 Å². The molecular formula is C27H23F2NO5. The predicted molar refractivity (Wildman–Crippen MR) is 126 cm³/mol. The number of carbonyl (C=O) groups excluding carboxylic acids is 2. The van der Waals surface area contributed by atoms with E-state index in [1.165, 1.54) is 13.2 Å². The molecule has 1 amide bonds. The van der Waals surface area contributed by atoms with Crippen LogP contribution in [0.4, 0.5) is 14.5 Å². The summed E-state index contributed by atoms with van der Waals surface area (Å²) < 4.78 is 38.7. The summed E-state index contributed by atoms with van der Waals surface area (Å²) in [6.45, 7) is 4.00. The topological polar surface area (TPSA) is 76.1 Å². The zero-order valence-electron chi connectivity index (χ0n) is 19.3. The van der Waals surface area contributed by atoms with E-state index in [-0.39, 0.29) is 16.8 Å². The number of rotatable bonds is 6. The van der Waals surface area contributed by atoms with Crippen LogP contribution < -0.4 is 14.4 Å².